The number of rotatable bonds is 4. The molecule has 1 heterocycles. The number of carbonyl (C=O) groups excluding carboxylic acids is 2. The van der Waals surface area contributed by atoms with Crippen LogP contribution in [0.5, 0.6) is 0 Å². The lowest BCUT2D eigenvalue weighted by Gasteiger charge is -2.23. The van der Waals surface area contributed by atoms with Gasteiger partial charge in [-0.05, 0) is 50.3 Å². The summed E-state index contributed by atoms with van der Waals surface area (Å²) < 4.78 is 0. The van der Waals surface area contributed by atoms with Crippen molar-refractivity contribution in [3.63, 3.8) is 0 Å². The van der Waals surface area contributed by atoms with Gasteiger partial charge in [-0.3, -0.25) is 9.59 Å². The first kappa shape index (κ1) is 17.9. The highest BCUT2D eigenvalue weighted by Gasteiger charge is 2.21. The molecule has 0 atom stereocenters. The molecule has 0 radical (unpaired) electrons. The summed E-state index contributed by atoms with van der Waals surface area (Å²) in [6.07, 6.45) is 11.3. The quantitative estimate of drug-likeness (QED) is 0.879. The van der Waals surface area contributed by atoms with Crippen LogP contribution in [-0.4, -0.2) is 28.9 Å². The van der Waals surface area contributed by atoms with E-state index in [0.717, 1.165) is 31.2 Å². The Morgan fingerprint density at radius 1 is 0.800 bits per heavy atom. The predicted octanol–water partition coefficient (Wildman–Crippen LogP) is 3.52. The standard InChI is InChI=1S/C20H29N3O2/c1-14-12-17(19(24)21-15-8-4-2-5-9-15)23-18(13-14)20(25)22-16-10-6-3-7-11-16/h12-13,15-16H,2-11H2,1H3,(H,21,24)(H,22,25). The van der Waals surface area contributed by atoms with Crippen molar-refractivity contribution in [3.8, 4) is 0 Å². The minimum atomic E-state index is -0.165. The third-order valence-corrected chi connectivity index (χ3v) is 5.32. The summed E-state index contributed by atoms with van der Waals surface area (Å²) >= 11 is 0. The molecule has 2 amide bonds. The van der Waals surface area contributed by atoms with Crippen molar-refractivity contribution in [1.82, 2.24) is 15.6 Å². The SMILES string of the molecule is Cc1cc(C(=O)NC2CCCCC2)nc(C(=O)NC2CCCCC2)c1. The topological polar surface area (TPSA) is 71.1 Å². The van der Waals surface area contributed by atoms with E-state index >= 15 is 0 Å². The highest BCUT2D eigenvalue weighted by molar-refractivity contribution is 5.96. The molecule has 2 fully saturated rings. The van der Waals surface area contributed by atoms with E-state index in [1.807, 2.05) is 6.92 Å². The Hall–Kier alpha value is -1.91. The van der Waals surface area contributed by atoms with Gasteiger partial charge in [0.15, 0.2) is 0 Å². The van der Waals surface area contributed by atoms with E-state index in [-0.39, 0.29) is 23.9 Å². The molecule has 1 aromatic heterocycles. The van der Waals surface area contributed by atoms with Gasteiger partial charge in [0.25, 0.3) is 11.8 Å². The third kappa shape index (κ3) is 5.03. The summed E-state index contributed by atoms with van der Waals surface area (Å²) in [4.78, 5) is 29.4. The molecule has 3 rings (SSSR count). The van der Waals surface area contributed by atoms with Gasteiger partial charge in [0.05, 0.1) is 0 Å². The van der Waals surface area contributed by atoms with Crippen molar-refractivity contribution in [1.29, 1.82) is 0 Å². The summed E-state index contributed by atoms with van der Waals surface area (Å²) in [5.41, 5.74) is 1.58. The summed E-state index contributed by atoms with van der Waals surface area (Å²) in [7, 11) is 0. The first-order valence-electron chi connectivity index (χ1n) is 9.72. The Balaban J connectivity index is 1.66. The van der Waals surface area contributed by atoms with E-state index in [1.165, 1.54) is 38.5 Å². The first-order valence-corrected chi connectivity index (χ1v) is 9.72. The van der Waals surface area contributed by atoms with Crippen LogP contribution in [0.3, 0.4) is 0 Å². The van der Waals surface area contributed by atoms with Crippen LogP contribution in [0.15, 0.2) is 12.1 Å². The van der Waals surface area contributed by atoms with Gasteiger partial charge in [-0.1, -0.05) is 38.5 Å². The molecule has 2 aliphatic rings. The number of nitrogens with zero attached hydrogens (tertiary/aromatic N) is 1. The highest BCUT2D eigenvalue weighted by Crippen LogP contribution is 2.19. The molecule has 2 saturated carbocycles. The molecule has 1 aromatic rings. The van der Waals surface area contributed by atoms with Crippen LogP contribution in [0.25, 0.3) is 0 Å². The zero-order chi connectivity index (χ0) is 17.6. The molecule has 0 aromatic carbocycles. The molecule has 0 aliphatic heterocycles. The van der Waals surface area contributed by atoms with Crippen molar-refractivity contribution >= 4 is 11.8 Å². The smallest absolute Gasteiger partial charge is 0.270 e. The molecule has 5 heteroatoms. The molecule has 25 heavy (non-hydrogen) atoms. The second-order valence-electron chi connectivity index (χ2n) is 7.53. The number of hydrogen-bond donors (Lipinski definition) is 2. The molecule has 5 nitrogen and oxygen atoms in total. The van der Waals surface area contributed by atoms with E-state index in [0.29, 0.717) is 11.4 Å². The van der Waals surface area contributed by atoms with Gasteiger partial charge in [0.1, 0.15) is 11.4 Å². The molecule has 0 saturated heterocycles. The number of pyridine rings is 1. The molecule has 0 spiro atoms. The van der Waals surface area contributed by atoms with Crippen molar-refractivity contribution < 1.29 is 9.59 Å². The summed E-state index contributed by atoms with van der Waals surface area (Å²) in [6, 6.07) is 4.00. The lowest BCUT2D eigenvalue weighted by atomic mass is 9.95. The van der Waals surface area contributed by atoms with Crippen LogP contribution in [0.1, 0.15) is 90.7 Å². The summed E-state index contributed by atoms with van der Waals surface area (Å²) in [6.45, 7) is 1.90. The number of carbonyl (C=O) groups is 2. The molecule has 136 valence electrons. The largest absolute Gasteiger partial charge is 0.348 e. The van der Waals surface area contributed by atoms with Crippen molar-refractivity contribution in [2.24, 2.45) is 0 Å². The summed E-state index contributed by atoms with van der Waals surface area (Å²) in [5.74, 6) is -0.329. The van der Waals surface area contributed by atoms with Crippen LogP contribution in [-0.2, 0) is 0 Å². The highest BCUT2D eigenvalue weighted by atomic mass is 16.2. The van der Waals surface area contributed by atoms with Crippen molar-refractivity contribution in [3.05, 3.63) is 29.1 Å². The zero-order valence-corrected chi connectivity index (χ0v) is 15.1. The fraction of sp³-hybridized carbons (Fsp3) is 0.650. The molecule has 2 aliphatic carbocycles. The van der Waals surface area contributed by atoms with E-state index in [4.69, 9.17) is 0 Å². The number of nitrogens with one attached hydrogen (secondary N) is 2. The van der Waals surface area contributed by atoms with Gasteiger partial charge in [0, 0.05) is 12.1 Å². The van der Waals surface area contributed by atoms with Gasteiger partial charge in [-0.15, -0.1) is 0 Å². The first-order chi connectivity index (χ1) is 12.1. The molecule has 0 unspecified atom stereocenters. The lowest BCUT2D eigenvalue weighted by Crippen LogP contribution is -2.38. The summed E-state index contributed by atoms with van der Waals surface area (Å²) in [5, 5.41) is 6.15. The molecule has 2 N–H and O–H groups in total. The predicted molar refractivity (Wildman–Crippen MR) is 97.7 cm³/mol. The van der Waals surface area contributed by atoms with E-state index < -0.39 is 0 Å². The fourth-order valence-corrected chi connectivity index (χ4v) is 3.91. The fourth-order valence-electron chi connectivity index (χ4n) is 3.91. The number of aromatic nitrogens is 1. The maximum absolute atomic E-state index is 12.5. The van der Waals surface area contributed by atoms with E-state index in [9.17, 15) is 9.59 Å². The van der Waals surface area contributed by atoms with Gasteiger partial charge in [-0.2, -0.15) is 0 Å². The Labute approximate surface area is 150 Å². The molecular weight excluding hydrogens is 314 g/mol. The minimum Gasteiger partial charge on any atom is -0.348 e. The van der Waals surface area contributed by atoms with Crippen LogP contribution in [0.4, 0.5) is 0 Å². The maximum Gasteiger partial charge on any atom is 0.270 e. The Kier molecular flexibility index (Phi) is 6.05. The second-order valence-corrected chi connectivity index (χ2v) is 7.53. The number of aryl methyl sites for hydroxylation is 1. The van der Waals surface area contributed by atoms with E-state index in [2.05, 4.69) is 15.6 Å². The van der Waals surface area contributed by atoms with Crippen molar-refractivity contribution in [2.75, 3.05) is 0 Å². The number of amides is 2. The van der Waals surface area contributed by atoms with Crippen LogP contribution >= 0.6 is 0 Å². The van der Waals surface area contributed by atoms with Crippen molar-refractivity contribution in [2.45, 2.75) is 83.2 Å². The Morgan fingerprint density at radius 3 is 1.60 bits per heavy atom. The van der Waals surface area contributed by atoms with Crippen LogP contribution < -0.4 is 10.6 Å². The number of hydrogen-bond acceptors (Lipinski definition) is 3. The van der Waals surface area contributed by atoms with Gasteiger partial charge < -0.3 is 10.6 Å². The third-order valence-electron chi connectivity index (χ3n) is 5.32. The normalized spacial score (nSPS) is 19.4. The minimum absolute atomic E-state index is 0.165. The zero-order valence-electron chi connectivity index (χ0n) is 15.1. The van der Waals surface area contributed by atoms with Gasteiger partial charge in [-0.25, -0.2) is 4.98 Å². The Bertz CT molecular complexity index is 567. The molecule has 0 bridgehead atoms. The monoisotopic (exact) mass is 343 g/mol. The van der Waals surface area contributed by atoms with Crippen LogP contribution in [0.2, 0.25) is 0 Å². The van der Waals surface area contributed by atoms with Gasteiger partial charge in [0.2, 0.25) is 0 Å². The van der Waals surface area contributed by atoms with Gasteiger partial charge >= 0.3 is 0 Å². The van der Waals surface area contributed by atoms with Crippen LogP contribution in [0, 0.1) is 6.92 Å². The average molecular weight is 343 g/mol. The second kappa shape index (κ2) is 8.45. The molecular formula is C20H29N3O2. The average Bonchev–Trinajstić information content (AvgIpc) is 2.63. The maximum atomic E-state index is 12.5. The lowest BCUT2D eigenvalue weighted by molar-refractivity contribution is 0.0918. The Morgan fingerprint density at radius 2 is 1.20 bits per heavy atom. The van der Waals surface area contributed by atoms with E-state index in [1.54, 1.807) is 12.1 Å².